The van der Waals surface area contributed by atoms with Crippen LogP contribution in [0.2, 0.25) is 0 Å². The molecule has 3 nitrogen and oxygen atoms in total. The molecule has 6 heteroatoms. The molecule has 0 heterocycles. The summed E-state index contributed by atoms with van der Waals surface area (Å²) in [6, 6.07) is 0. The van der Waals surface area contributed by atoms with Gasteiger partial charge in [0.1, 0.15) is 0 Å². The van der Waals surface area contributed by atoms with Crippen LogP contribution in [0, 0.1) is 5.41 Å². The lowest BCUT2D eigenvalue weighted by molar-refractivity contribution is -0.124. The summed E-state index contributed by atoms with van der Waals surface area (Å²) < 4.78 is 21.3. The smallest absolute Gasteiger partial charge is 0.253 e. The fraction of sp³-hybridized carbons (Fsp3) is 0.875. The molecule has 0 radical (unpaired) electrons. The van der Waals surface area contributed by atoms with Crippen molar-refractivity contribution in [3.63, 3.8) is 0 Å². The number of carbonyl (C=O) groups excluding carboxylic acids is 1. The molecule has 0 fully saturated rings. The number of Topliss-reactive ketones (excluding diaryl/α,β-unsaturated/α-hetero) is 1. The van der Waals surface area contributed by atoms with Gasteiger partial charge in [0.25, 0.3) is 2.21 Å². The van der Waals surface area contributed by atoms with E-state index in [-0.39, 0.29) is 5.75 Å². The maximum atomic E-state index is 11.8. The van der Waals surface area contributed by atoms with Crippen LogP contribution in [0.15, 0.2) is 0 Å². The van der Waals surface area contributed by atoms with E-state index in [0.29, 0.717) is 0 Å². The molecule has 0 aliphatic heterocycles. The lowest BCUT2D eigenvalue weighted by Gasteiger charge is -2.26. The molecule has 0 N–H and O–H groups in total. The molecule has 1 atom stereocenters. The van der Waals surface area contributed by atoms with E-state index in [2.05, 4.69) is 0 Å². The number of alkyl halides is 2. The first-order chi connectivity index (χ1) is 5.97. The van der Waals surface area contributed by atoms with Crippen LogP contribution in [-0.2, 0) is 14.6 Å². The Morgan fingerprint density at radius 1 is 1.36 bits per heavy atom. The first-order valence-electron chi connectivity index (χ1n) is 4.12. The highest BCUT2D eigenvalue weighted by Crippen LogP contribution is 2.38. The molecular weight excluding hydrogens is 339 g/mol. The molecule has 0 bridgehead atoms. The van der Waals surface area contributed by atoms with Gasteiger partial charge in [0.2, 0.25) is 0 Å². The third-order valence-corrected chi connectivity index (χ3v) is 6.82. The largest absolute Gasteiger partial charge is 0.295 e. The summed E-state index contributed by atoms with van der Waals surface area (Å²) in [6.45, 7) is 6.42. The predicted octanol–water partition coefficient (Wildman–Crippen LogP) is 2.36. The van der Waals surface area contributed by atoms with Gasteiger partial charge in [-0.15, -0.1) is 0 Å². The quantitative estimate of drug-likeness (QED) is 0.579. The minimum Gasteiger partial charge on any atom is -0.295 e. The minimum atomic E-state index is -3.58. The van der Waals surface area contributed by atoms with Crippen LogP contribution in [0.3, 0.4) is 0 Å². The van der Waals surface area contributed by atoms with Crippen LogP contribution in [0.1, 0.15) is 27.7 Å². The van der Waals surface area contributed by atoms with Crippen molar-refractivity contribution in [1.82, 2.24) is 0 Å². The lowest BCUT2D eigenvalue weighted by atomic mass is 9.92. The predicted molar refractivity (Wildman–Crippen MR) is 66.5 cm³/mol. The van der Waals surface area contributed by atoms with E-state index in [1.807, 2.05) is 0 Å². The zero-order valence-electron chi connectivity index (χ0n) is 8.60. The maximum absolute atomic E-state index is 11.8. The molecule has 0 saturated heterocycles. The molecule has 0 aromatic heterocycles. The Hall–Kier alpha value is 0.640. The van der Waals surface area contributed by atoms with Gasteiger partial charge in [-0.25, -0.2) is 8.42 Å². The van der Waals surface area contributed by atoms with Crippen molar-refractivity contribution in [3.05, 3.63) is 0 Å². The lowest BCUT2D eigenvalue weighted by Crippen LogP contribution is -2.42. The summed E-state index contributed by atoms with van der Waals surface area (Å²) in [5, 5.41) is 0. The van der Waals surface area contributed by atoms with Crippen molar-refractivity contribution >= 4 is 49.8 Å². The number of hydrogen-bond donors (Lipinski definition) is 0. The molecule has 0 aromatic carbocycles. The SMILES string of the molecule is CCS(=O)(=O)[C@](Cl)(I)C(=O)C(C)(C)C. The molecular formula is C8H14ClIO3S. The van der Waals surface area contributed by atoms with Crippen molar-refractivity contribution in [3.8, 4) is 0 Å². The van der Waals surface area contributed by atoms with Crippen molar-refractivity contribution < 1.29 is 13.2 Å². The van der Waals surface area contributed by atoms with Crippen LogP contribution in [0.4, 0.5) is 0 Å². The van der Waals surface area contributed by atoms with E-state index < -0.39 is 23.2 Å². The van der Waals surface area contributed by atoms with E-state index in [0.717, 1.165) is 0 Å². The molecule has 14 heavy (non-hydrogen) atoms. The number of ketones is 1. The van der Waals surface area contributed by atoms with Gasteiger partial charge in [0, 0.05) is 5.41 Å². The van der Waals surface area contributed by atoms with Crippen LogP contribution in [0.5, 0.6) is 0 Å². The zero-order chi connectivity index (χ0) is 11.8. The Balaban J connectivity index is 5.30. The van der Waals surface area contributed by atoms with Gasteiger partial charge in [-0.3, -0.25) is 4.79 Å². The van der Waals surface area contributed by atoms with E-state index >= 15 is 0 Å². The van der Waals surface area contributed by atoms with Crippen LogP contribution in [-0.4, -0.2) is 22.2 Å². The summed E-state index contributed by atoms with van der Waals surface area (Å²) in [7, 11) is -3.58. The second kappa shape index (κ2) is 4.25. The Morgan fingerprint density at radius 3 is 1.93 bits per heavy atom. The molecule has 84 valence electrons. The van der Waals surface area contributed by atoms with E-state index in [4.69, 9.17) is 11.6 Å². The third kappa shape index (κ3) is 2.82. The molecule has 0 unspecified atom stereocenters. The second-order valence-corrected chi connectivity index (χ2v) is 10.2. The first kappa shape index (κ1) is 14.6. The fourth-order valence-corrected chi connectivity index (χ4v) is 4.06. The standard InChI is InChI=1S/C8H14ClIO3S/c1-5-14(12,13)8(9,10)6(11)7(2,3)4/h5H2,1-4H3/t8-/m1/s1. The summed E-state index contributed by atoms with van der Waals surface area (Å²) in [5.74, 6) is -0.615. The molecule has 0 rings (SSSR count). The Labute approximate surface area is 104 Å². The molecule has 0 saturated carbocycles. The second-order valence-electron chi connectivity index (χ2n) is 4.00. The van der Waals surface area contributed by atoms with Gasteiger partial charge in [0.05, 0.1) is 5.75 Å². The number of halogens is 2. The molecule has 0 aliphatic carbocycles. The normalized spacial score (nSPS) is 17.6. The van der Waals surface area contributed by atoms with Crippen LogP contribution < -0.4 is 0 Å². The summed E-state index contributed by atoms with van der Waals surface area (Å²) >= 11 is 7.31. The van der Waals surface area contributed by atoms with E-state index in [1.165, 1.54) is 29.5 Å². The van der Waals surface area contributed by atoms with Gasteiger partial charge in [-0.1, -0.05) is 39.3 Å². The monoisotopic (exact) mass is 352 g/mol. The average Bonchev–Trinajstić information content (AvgIpc) is 2.01. The van der Waals surface area contributed by atoms with Crippen molar-refractivity contribution in [1.29, 1.82) is 0 Å². The highest BCUT2D eigenvalue weighted by molar-refractivity contribution is 14.1. The highest BCUT2D eigenvalue weighted by atomic mass is 127. The van der Waals surface area contributed by atoms with Crippen LogP contribution >= 0.6 is 34.2 Å². The summed E-state index contributed by atoms with van der Waals surface area (Å²) in [4.78, 5) is 11.8. The van der Waals surface area contributed by atoms with Gasteiger partial charge in [0.15, 0.2) is 15.6 Å². The Kier molecular flexibility index (Phi) is 4.45. The topological polar surface area (TPSA) is 51.2 Å². The van der Waals surface area contributed by atoms with Crippen molar-refractivity contribution in [2.45, 2.75) is 29.9 Å². The number of sulfone groups is 1. The van der Waals surface area contributed by atoms with Crippen molar-refractivity contribution in [2.24, 2.45) is 5.41 Å². The van der Waals surface area contributed by atoms with E-state index in [9.17, 15) is 13.2 Å². The van der Waals surface area contributed by atoms with Crippen LogP contribution in [0.25, 0.3) is 0 Å². The Morgan fingerprint density at radius 2 is 1.71 bits per heavy atom. The fourth-order valence-electron chi connectivity index (χ4n) is 0.759. The van der Waals surface area contributed by atoms with Gasteiger partial charge < -0.3 is 0 Å². The zero-order valence-corrected chi connectivity index (χ0v) is 12.3. The third-order valence-electron chi connectivity index (χ3n) is 1.72. The number of rotatable bonds is 3. The minimum absolute atomic E-state index is 0.138. The number of hydrogen-bond acceptors (Lipinski definition) is 3. The molecule has 0 aromatic rings. The molecule has 0 spiro atoms. The van der Waals surface area contributed by atoms with Crippen molar-refractivity contribution in [2.75, 3.05) is 5.75 Å². The summed E-state index contributed by atoms with van der Waals surface area (Å²) in [5.41, 5.74) is -0.759. The molecule has 0 aliphatic rings. The summed E-state index contributed by atoms with van der Waals surface area (Å²) in [6.07, 6.45) is 0. The average molecular weight is 353 g/mol. The van der Waals surface area contributed by atoms with E-state index in [1.54, 1.807) is 20.8 Å². The first-order valence-corrected chi connectivity index (χ1v) is 7.22. The number of carbonyl (C=O) groups is 1. The van der Waals surface area contributed by atoms with Gasteiger partial charge >= 0.3 is 0 Å². The van der Waals surface area contributed by atoms with Gasteiger partial charge in [-0.2, -0.15) is 0 Å². The van der Waals surface area contributed by atoms with Gasteiger partial charge in [-0.05, 0) is 22.6 Å². The maximum Gasteiger partial charge on any atom is 0.253 e. The highest BCUT2D eigenvalue weighted by Gasteiger charge is 2.49. The Bertz CT molecular complexity index is 327. The molecule has 0 amide bonds.